The lowest BCUT2D eigenvalue weighted by Gasteiger charge is -2.29. The molecule has 0 atom stereocenters. The molecule has 0 radical (unpaired) electrons. The Labute approximate surface area is 145 Å². The number of carbonyl (C=O) groups excluding carboxylic acids is 1. The average molecular weight is 357 g/mol. The van der Waals surface area contributed by atoms with Crippen molar-refractivity contribution in [2.75, 3.05) is 39.1 Å². The van der Waals surface area contributed by atoms with E-state index in [1.807, 2.05) is 0 Å². The number of piperidine rings is 1. The molecule has 1 fully saturated rings. The van der Waals surface area contributed by atoms with Gasteiger partial charge in [-0.05, 0) is 32.0 Å². The van der Waals surface area contributed by atoms with Gasteiger partial charge in [0.1, 0.15) is 17.9 Å². The molecule has 0 amide bonds. The van der Waals surface area contributed by atoms with Crippen LogP contribution in [-0.2, 0) is 9.53 Å². The predicted molar refractivity (Wildman–Crippen MR) is 89.5 cm³/mol. The third kappa shape index (κ3) is 4.52. The van der Waals surface area contributed by atoms with Gasteiger partial charge < -0.3 is 20.3 Å². The van der Waals surface area contributed by atoms with E-state index in [4.69, 9.17) is 31.9 Å². The monoisotopic (exact) mass is 356 g/mol. The molecular weight excluding hydrogens is 336 g/mol. The Hall–Kier alpha value is -1.99. The summed E-state index contributed by atoms with van der Waals surface area (Å²) < 4.78 is 10.4. The number of carbonyl (C=O) groups is 2. The van der Waals surface area contributed by atoms with Crippen LogP contribution in [-0.4, -0.2) is 55.3 Å². The normalized spacial score (nSPS) is 15.9. The van der Waals surface area contributed by atoms with E-state index in [-0.39, 0.29) is 23.1 Å². The number of nitrogen functional groups attached to an aromatic ring is 1. The van der Waals surface area contributed by atoms with Crippen molar-refractivity contribution in [2.45, 2.75) is 12.8 Å². The highest BCUT2D eigenvalue weighted by atomic mass is 35.5. The first-order chi connectivity index (χ1) is 11.4. The summed E-state index contributed by atoms with van der Waals surface area (Å²) in [6.45, 7) is 2.14. The fraction of sp³-hybridized carbons (Fsp3) is 0.500. The summed E-state index contributed by atoms with van der Waals surface area (Å²) in [7, 11) is 1.44. The number of rotatable bonds is 6. The highest BCUT2D eigenvalue weighted by molar-refractivity contribution is 6.33. The number of carboxylic acid groups (broad SMARTS) is 1. The molecule has 8 heteroatoms. The van der Waals surface area contributed by atoms with Gasteiger partial charge in [-0.25, -0.2) is 4.79 Å². The van der Waals surface area contributed by atoms with Crippen molar-refractivity contribution >= 4 is 29.2 Å². The molecule has 0 saturated carbocycles. The Kier molecular flexibility index (Phi) is 6.28. The van der Waals surface area contributed by atoms with Crippen LogP contribution in [0.15, 0.2) is 12.1 Å². The summed E-state index contributed by atoms with van der Waals surface area (Å²) in [5, 5.41) is 9.23. The molecule has 1 heterocycles. The first-order valence-electron chi connectivity index (χ1n) is 7.67. The summed E-state index contributed by atoms with van der Waals surface area (Å²) in [6, 6.07) is 2.91. The predicted octanol–water partition coefficient (Wildman–Crippen LogP) is 1.88. The van der Waals surface area contributed by atoms with Crippen molar-refractivity contribution in [1.29, 1.82) is 0 Å². The molecular formula is C16H21ClN2O5. The number of hydrogen-bond donors (Lipinski definition) is 2. The lowest BCUT2D eigenvalue weighted by Crippen LogP contribution is -2.38. The molecule has 132 valence electrons. The van der Waals surface area contributed by atoms with Crippen molar-refractivity contribution in [1.82, 2.24) is 4.90 Å². The Morgan fingerprint density at radius 1 is 1.38 bits per heavy atom. The minimum absolute atomic E-state index is 0.210. The molecule has 24 heavy (non-hydrogen) atoms. The summed E-state index contributed by atoms with van der Waals surface area (Å²) in [5.41, 5.74) is 6.23. The first-order valence-corrected chi connectivity index (χ1v) is 8.05. The second kappa shape index (κ2) is 8.21. The van der Waals surface area contributed by atoms with Gasteiger partial charge in [-0.15, -0.1) is 0 Å². The standard InChI is InChI=1S/C16H21ClN2O5/c1-23-14-9-13(18)12(17)8-11(14)16(22)24-7-6-19-4-2-10(3-5-19)15(20)21/h8-10H,2-7,18H2,1H3,(H,20,21). The molecule has 3 N–H and O–H groups in total. The van der Waals surface area contributed by atoms with Crippen LogP contribution >= 0.6 is 11.6 Å². The van der Waals surface area contributed by atoms with Crippen molar-refractivity contribution < 1.29 is 24.2 Å². The Balaban J connectivity index is 1.84. The second-order valence-corrected chi connectivity index (χ2v) is 6.07. The number of nitrogens with two attached hydrogens (primary N) is 1. The number of anilines is 1. The Bertz CT molecular complexity index is 615. The van der Waals surface area contributed by atoms with Gasteiger partial charge in [-0.1, -0.05) is 11.6 Å². The number of halogens is 1. The number of ether oxygens (including phenoxy) is 2. The number of aliphatic carboxylic acids is 1. The molecule has 1 aromatic rings. The molecule has 1 aliphatic heterocycles. The zero-order valence-electron chi connectivity index (χ0n) is 13.5. The Morgan fingerprint density at radius 3 is 2.62 bits per heavy atom. The van der Waals surface area contributed by atoms with E-state index in [9.17, 15) is 9.59 Å². The van der Waals surface area contributed by atoms with Crippen LogP contribution in [0.25, 0.3) is 0 Å². The summed E-state index contributed by atoms with van der Waals surface area (Å²) >= 11 is 5.94. The molecule has 0 spiro atoms. The quantitative estimate of drug-likeness (QED) is 0.592. The van der Waals surface area contributed by atoms with Gasteiger partial charge in [0.05, 0.1) is 23.7 Å². The van der Waals surface area contributed by atoms with Gasteiger partial charge in [0.25, 0.3) is 0 Å². The van der Waals surface area contributed by atoms with Gasteiger partial charge in [0, 0.05) is 12.6 Å². The van der Waals surface area contributed by atoms with Gasteiger partial charge >= 0.3 is 11.9 Å². The van der Waals surface area contributed by atoms with Gasteiger partial charge in [-0.2, -0.15) is 0 Å². The zero-order valence-corrected chi connectivity index (χ0v) is 14.2. The van der Waals surface area contributed by atoms with Gasteiger partial charge in [-0.3, -0.25) is 9.69 Å². The fourth-order valence-corrected chi connectivity index (χ4v) is 2.81. The maximum Gasteiger partial charge on any atom is 0.342 e. The van der Waals surface area contributed by atoms with E-state index >= 15 is 0 Å². The van der Waals surface area contributed by atoms with Crippen molar-refractivity contribution in [3.05, 3.63) is 22.7 Å². The number of hydrogen-bond acceptors (Lipinski definition) is 6. The third-order valence-corrected chi connectivity index (χ3v) is 4.44. The SMILES string of the molecule is COc1cc(N)c(Cl)cc1C(=O)OCCN1CCC(C(=O)O)CC1. The molecule has 0 unspecified atom stereocenters. The number of methoxy groups -OCH3 is 1. The molecule has 1 aliphatic rings. The summed E-state index contributed by atoms with van der Waals surface area (Å²) in [4.78, 5) is 25.2. The van der Waals surface area contributed by atoms with Crippen LogP contribution in [0.3, 0.4) is 0 Å². The minimum atomic E-state index is -0.742. The van der Waals surface area contributed by atoms with E-state index in [0.29, 0.717) is 43.9 Å². The molecule has 2 rings (SSSR count). The van der Waals surface area contributed by atoms with Crippen molar-refractivity contribution in [3.8, 4) is 5.75 Å². The maximum atomic E-state index is 12.2. The van der Waals surface area contributed by atoms with E-state index in [1.54, 1.807) is 0 Å². The molecule has 1 saturated heterocycles. The fourth-order valence-electron chi connectivity index (χ4n) is 2.65. The molecule has 0 aliphatic carbocycles. The largest absolute Gasteiger partial charge is 0.496 e. The molecule has 1 aromatic carbocycles. The van der Waals surface area contributed by atoms with Gasteiger partial charge in [0.15, 0.2) is 0 Å². The van der Waals surface area contributed by atoms with E-state index in [2.05, 4.69) is 4.90 Å². The summed E-state index contributed by atoms with van der Waals surface area (Å²) in [5.74, 6) is -1.24. The van der Waals surface area contributed by atoms with Crippen molar-refractivity contribution in [2.24, 2.45) is 5.92 Å². The number of nitrogens with zero attached hydrogens (tertiary/aromatic N) is 1. The summed E-state index contributed by atoms with van der Waals surface area (Å²) in [6.07, 6.45) is 1.23. The zero-order chi connectivity index (χ0) is 17.7. The van der Waals surface area contributed by atoms with Crippen LogP contribution in [0.2, 0.25) is 5.02 Å². The average Bonchev–Trinajstić information content (AvgIpc) is 2.57. The van der Waals surface area contributed by atoms with Crippen LogP contribution in [0.5, 0.6) is 5.75 Å². The van der Waals surface area contributed by atoms with E-state index in [1.165, 1.54) is 19.2 Å². The van der Waals surface area contributed by atoms with Crippen LogP contribution < -0.4 is 10.5 Å². The van der Waals surface area contributed by atoms with Crippen LogP contribution in [0.1, 0.15) is 23.2 Å². The second-order valence-electron chi connectivity index (χ2n) is 5.66. The highest BCUT2D eigenvalue weighted by Gasteiger charge is 2.24. The highest BCUT2D eigenvalue weighted by Crippen LogP contribution is 2.29. The molecule has 0 aromatic heterocycles. The minimum Gasteiger partial charge on any atom is -0.496 e. The number of benzene rings is 1. The maximum absolute atomic E-state index is 12.2. The van der Waals surface area contributed by atoms with E-state index in [0.717, 1.165) is 0 Å². The molecule has 7 nitrogen and oxygen atoms in total. The Morgan fingerprint density at radius 2 is 2.04 bits per heavy atom. The third-order valence-electron chi connectivity index (χ3n) is 4.12. The number of likely N-dealkylation sites (tertiary alicyclic amines) is 1. The number of esters is 1. The topological polar surface area (TPSA) is 102 Å². The van der Waals surface area contributed by atoms with E-state index < -0.39 is 11.9 Å². The van der Waals surface area contributed by atoms with Crippen molar-refractivity contribution in [3.63, 3.8) is 0 Å². The molecule has 0 bridgehead atoms. The first kappa shape index (κ1) is 18.4. The van der Waals surface area contributed by atoms with Crippen LogP contribution in [0.4, 0.5) is 5.69 Å². The smallest absolute Gasteiger partial charge is 0.342 e. The lowest BCUT2D eigenvalue weighted by atomic mass is 9.97. The lowest BCUT2D eigenvalue weighted by molar-refractivity contribution is -0.143. The number of carboxylic acids is 1. The van der Waals surface area contributed by atoms with Crippen LogP contribution in [0, 0.1) is 5.92 Å². The van der Waals surface area contributed by atoms with Gasteiger partial charge in [0.2, 0.25) is 0 Å².